The molecule has 1 aromatic rings. The van der Waals surface area contributed by atoms with Crippen LogP contribution >= 0.6 is 0 Å². The summed E-state index contributed by atoms with van der Waals surface area (Å²) in [5.74, 6) is 0. The van der Waals surface area contributed by atoms with Crippen LogP contribution in [0.3, 0.4) is 0 Å². The lowest BCUT2D eigenvalue weighted by Gasteiger charge is -2.25. The summed E-state index contributed by atoms with van der Waals surface area (Å²) in [6, 6.07) is 0. The van der Waals surface area contributed by atoms with Gasteiger partial charge in [-0.05, 0) is 26.3 Å². The smallest absolute Gasteiger partial charge is 0.330 e. The Bertz CT molecular complexity index is 553. The number of hydrogen-bond donors (Lipinski definition) is 5. The first-order valence-electron chi connectivity index (χ1n) is 6.57. The number of hydrogen-bond acceptors (Lipinski definition) is 7. The Labute approximate surface area is 120 Å². The maximum absolute atomic E-state index is 11.8. The summed E-state index contributed by atoms with van der Waals surface area (Å²) < 4.78 is 5.97. The van der Waals surface area contributed by atoms with Crippen LogP contribution in [0.5, 0.6) is 0 Å². The van der Waals surface area contributed by atoms with Crippen LogP contribution in [0.25, 0.3) is 0 Å². The highest BCUT2D eigenvalue weighted by molar-refractivity contribution is 5.05. The molecule has 0 amide bonds. The minimum atomic E-state index is -1.56. The third kappa shape index (κ3) is 4.76. The first kappa shape index (κ1) is 17.5. The second-order valence-corrected chi connectivity index (χ2v) is 4.62. The summed E-state index contributed by atoms with van der Waals surface area (Å²) in [5, 5.41) is 27.8. The molecule has 0 aromatic carbocycles. The second-order valence-electron chi connectivity index (χ2n) is 4.62. The van der Waals surface area contributed by atoms with Gasteiger partial charge in [-0.2, -0.15) is 0 Å². The van der Waals surface area contributed by atoms with Crippen LogP contribution in [0.4, 0.5) is 0 Å². The minimum absolute atomic E-state index is 0.313. The SMILES string of the molecule is CC(O)[C@@H](O[C@@H](O)CO)n1cc(CCCN)c(=O)[nH]c1=O. The third-order valence-corrected chi connectivity index (χ3v) is 2.83. The summed E-state index contributed by atoms with van der Waals surface area (Å²) in [4.78, 5) is 25.6. The number of aliphatic hydroxyl groups excluding tert-OH is 3. The van der Waals surface area contributed by atoms with E-state index < -0.39 is 36.5 Å². The van der Waals surface area contributed by atoms with Crippen molar-refractivity contribution in [2.75, 3.05) is 13.2 Å². The molecule has 0 radical (unpaired) electrons. The van der Waals surface area contributed by atoms with Crippen molar-refractivity contribution >= 4 is 0 Å². The van der Waals surface area contributed by atoms with E-state index in [0.29, 0.717) is 24.9 Å². The van der Waals surface area contributed by atoms with E-state index in [2.05, 4.69) is 4.98 Å². The lowest BCUT2D eigenvalue weighted by molar-refractivity contribution is -0.204. The molecule has 1 aromatic heterocycles. The van der Waals surface area contributed by atoms with Crippen LogP contribution in [0.2, 0.25) is 0 Å². The molecule has 0 fully saturated rings. The minimum Gasteiger partial charge on any atom is -0.391 e. The van der Waals surface area contributed by atoms with E-state index in [1.807, 2.05) is 0 Å². The fraction of sp³-hybridized carbons (Fsp3) is 0.667. The predicted octanol–water partition coefficient (Wildman–Crippen LogP) is -2.37. The largest absolute Gasteiger partial charge is 0.391 e. The molecule has 6 N–H and O–H groups in total. The van der Waals surface area contributed by atoms with Gasteiger partial charge in [-0.3, -0.25) is 14.3 Å². The van der Waals surface area contributed by atoms with E-state index in [1.165, 1.54) is 13.1 Å². The van der Waals surface area contributed by atoms with Crippen molar-refractivity contribution in [2.24, 2.45) is 5.73 Å². The van der Waals surface area contributed by atoms with Gasteiger partial charge in [0.1, 0.15) is 0 Å². The number of aryl methyl sites for hydroxylation is 1. The number of aliphatic hydroxyl groups is 3. The molecule has 9 nitrogen and oxygen atoms in total. The Morgan fingerprint density at radius 1 is 1.43 bits per heavy atom. The zero-order valence-corrected chi connectivity index (χ0v) is 11.7. The van der Waals surface area contributed by atoms with Crippen molar-refractivity contribution in [3.05, 3.63) is 32.6 Å². The summed E-state index contributed by atoms with van der Waals surface area (Å²) in [5.41, 5.74) is 4.38. The van der Waals surface area contributed by atoms with Crippen molar-refractivity contribution < 1.29 is 20.1 Å². The molecule has 0 aliphatic carbocycles. The monoisotopic (exact) mass is 303 g/mol. The van der Waals surface area contributed by atoms with Crippen LogP contribution in [0.1, 0.15) is 25.1 Å². The first-order chi connectivity index (χ1) is 9.90. The first-order valence-corrected chi connectivity index (χ1v) is 6.57. The van der Waals surface area contributed by atoms with Crippen molar-refractivity contribution in [1.82, 2.24) is 9.55 Å². The average molecular weight is 303 g/mol. The average Bonchev–Trinajstić information content (AvgIpc) is 2.43. The molecule has 21 heavy (non-hydrogen) atoms. The lowest BCUT2D eigenvalue weighted by Crippen LogP contribution is -2.40. The highest BCUT2D eigenvalue weighted by Crippen LogP contribution is 2.13. The summed E-state index contributed by atoms with van der Waals surface area (Å²) >= 11 is 0. The number of aromatic amines is 1. The number of H-pyrrole nitrogens is 1. The van der Waals surface area contributed by atoms with E-state index in [1.54, 1.807) is 0 Å². The molecule has 0 saturated heterocycles. The predicted molar refractivity (Wildman–Crippen MR) is 73.6 cm³/mol. The van der Waals surface area contributed by atoms with E-state index in [4.69, 9.17) is 15.6 Å². The van der Waals surface area contributed by atoms with Gasteiger partial charge in [0.05, 0.1) is 12.7 Å². The number of aromatic nitrogens is 2. The van der Waals surface area contributed by atoms with E-state index in [-0.39, 0.29) is 0 Å². The Morgan fingerprint density at radius 3 is 2.62 bits per heavy atom. The fourth-order valence-corrected chi connectivity index (χ4v) is 1.80. The van der Waals surface area contributed by atoms with Crippen LogP contribution < -0.4 is 17.0 Å². The number of nitrogens with zero attached hydrogens (tertiary/aromatic N) is 1. The van der Waals surface area contributed by atoms with Gasteiger partial charge < -0.3 is 25.8 Å². The maximum Gasteiger partial charge on any atom is 0.330 e. The molecule has 3 atom stereocenters. The molecule has 1 heterocycles. The van der Waals surface area contributed by atoms with Crippen molar-refractivity contribution in [3.63, 3.8) is 0 Å². The molecule has 120 valence electrons. The topological polar surface area (TPSA) is 151 Å². The van der Waals surface area contributed by atoms with Gasteiger partial charge in [-0.25, -0.2) is 4.79 Å². The van der Waals surface area contributed by atoms with Crippen molar-refractivity contribution in [2.45, 2.75) is 38.4 Å². The quantitative estimate of drug-likeness (QED) is 0.337. The molecule has 0 spiro atoms. The summed E-state index contributed by atoms with van der Waals surface area (Å²) in [6.45, 7) is 1.05. The van der Waals surface area contributed by atoms with Gasteiger partial charge >= 0.3 is 5.69 Å². The molecule has 0 aliphatic heterocycles. The van der Waals surface area contributed by atoms with Crippen LogP contribution in [0, 0.1) is 0 Å². The molecular weight excluding hydrogens is 282 g/mol. The third-order valence-electron chi connectivity index (χ3n) is 2.83. The standard InChI is InChI=1S/C12H21N3O6/c1-7(17)11(21-9(18)6-16)15-5-8(3-2-4-13)10(19)14-12(15)20/h5,7,9,11,16-18H,2-4,6,13H2,1H3,(H,14,19,20)/t7?,9-,11-/m1/s1. The fourth-order valence-electron chi connectivity index (χ4n) is 1.80. The number of rotatable bonds is 8. The van der Waals surface area contributed by atoms with Gasteiger partial charge in [0.2, 0.25) is 0 Å². The second kappa shape index (κ2) is 8.05. The van der Waals surface area contributed by atoms with Crippen LogP contribution in [-0.4, -0.2) is 50.4 Å². The van der Waals surface area contributed by atoms with Crippen LogP contribution in [0.15, 0.2) is 15.8 Å². The number of nitrogens with one attached hydrogen (secondary N) is 1. The van der Waals surface area contributed by atoms with Gasteiger partial charge in [-0.15, -0.1) is 0 Å². The van der Waals surface area contributed by atoms with Gasteiger partial charge in [-0.1, -0.05) is 0 Å². The molecule has 0 bridgehead atoms. The summed E-state index contributed by atoms with van der Waals surface area (Å²) in [7, 11) is 0. The summed E-state index contributed by atoms with van der Waals surface area (Å²) in [6.07, 6.45) is -1.78. The molecule has 9 heteroatoms. The lowest BCUT2D eigenvalue weighted by atomic mass is 10.2. The highest BCUT2D eigenvalue weighted by Gasteiger charge is 2.23. The van der Waals surface area contributed by atoms with Crippen molar-refractivity contribution in [3.8, 4) is 0 Å². The normalized spacial score (nSPS) is 15.7. The molecule has 0 saturated carbocycles. The van der Waals surface area contributed by atoms with E-state index in [0.717, 1.165) is 4.57 Å². The van der Waals surface area contributed by atoms with E-state index in [9.17, 15) is 19.8 Å². The molecule has 1 rings (SSSR count). The zero-order valence-electron chi connectivity index (χ0n) is 11.7. The molecular formula is C12H21N3O6. The van der Waals surface area contributed by atoms with Crippen LogP contribution in [-0.2, 0) is 11.2 Å². The Balaban J connectivity index is 3.18. The zero-order chi connectivity index (χ0) is 16.0. The molecule has 1 unspecified atom stereocenters. The highest BCUT2D eigenvalue weighted by atomic mass is 16.6. The van der Waals surface area contributed by atoms with Gasteiger partial charge in [0, 0.05) is 11.8 Å². The van der Waals surface area contributed by atoms with Crippen molar-refractivity contribution in [1.29, 1.82) is 0 Å². The van der Waals surface area contributed by atoms with Gasteiger partial charge in [0.25, 0.3) is 5.56 Å². The van der Waals surface area contributed by atoms with Gasteiger partial charge in [0.15, 0.2) is 12.5 Å². The Kier molecular flexibility index (Phi) is 6.72. The van der Waals surface area contributed by atoms with E-state index >= 15 is 0 Å². The Morgan fingerprint density at radius 2 is 2.10 bits per heavy atom. The maximum atomic E-state index is 11.8. The number of nitrogens with two attached hydrogens (primary N) is 1. The Hall–Kier alpha value is -1.52. The molecule has 0 aliphatic rings. The number of ether oxygens (including phenoxy) is 1.